The molecule has 1 saturated heterocycles. The summed E-state index contributed by atoms with van der Waals surface area (Å²) >= 11 is 0. The lowest BCUT2D eigenvalue weighted by Crippen LogP contribution is -2.40. The molecule has 8 heteroatoms. The zero-order valence-corrected chi connectivity index (χ0v) is 19.6. The van der Waals surface area contributed by atoms with Crippen LogP contribution in [0.4, 0.5) is 14.5 Å². The third kappa shape index (κ3) is 5.00. The standard InChI is InChI=1S/C26H28F2N4O2/c1-17-12-23(33)24(30-32(17)18-8-5-4-6-9-18)25(34)29-15-20-21(27)13-19(14-22(20)28)31-11-7-10-26(2,3)16-31/h4-6,8-9,12-14H,7,10-11,15-16H2,1-3H3,(H,29,34). The summed E-state index contributed by atoms with van der Waals surface area (Å²) in [6.45, 7) is 7.04. The van der Waals surface area contributed by atoms with Crippen LogP contribution in [0.15, 0.2) is 53.3 Å². The first kappa shape index (κ1) is 23.6. The molecule has 2 heterocycles. The molecule has 1 fully saturated rings. The van der Waals surface area contributed by atoms with Gasteiger partial charge in [-0.2, -0.15) is 5.10 Å². The van der Waals surface area contributed by atoms with Crippen LogP contribution >= 0.6 is 0 Å². The molecule has 1 aliphatic heterocycles. The zero-order chi connectivity index (χ0) is 24.5. The number of nitrogens with zero attached hydrogens (tertiary/aromatic N) is 3. The number of carbonyl (C=O) groups excluding carboxylic acids is 1. The Morgan fingerprint density at radius 2 is 1.76 bits per heavy atom. The molecule has 4 rings (SSSR count). The highest BCUT2D eigenvalue weighted by atomic mass is 19.1. The van der Waals surface area contributed by atoms with Gasteiger partial charge in [0.2, 0.25) is 5.43 Å². The second-order valence-electron chi connectivity index (χ2n) is 9.51. The number of para-hydroxylation sites is 1. The quantitative estimate of drug-likeness (QED) is 0.606. The van der Waals surface area contributed by atoms with Gasteiger partial charge in [0.15, 0.2) is 5.69 Å². The van der Waals surface area contributed by atoms with Crippen molar-refractivity contribution in [2.24, 2.45) is 5.41 Å². The highest BCUT2D eigenvalue weighted by Crippen LogP contribution is 2.32. The maximum atomic E-state index is 14.8. The van der Waals surface area contributed by atoms with Crippen LogP contribution in [0, 0.1) is 24.0 Å². The van der Waals surface area contributed by atoms with Crippen molar-refractivity contribution >= 4 is 11.6 Å². The molecule has 0 atom stereocenters. The molecule has 178 valence electrons. The molecule has 34 heavy (non-hydrogen) atoms. The number of aromatic nitrogens is 2. The maximum Gasteiger partial charge on any atom is 0.276 e. The lowest BCUT2D eigenvalue weighted by Gasteiger charge is -2.39. The van der Waals surface area contributed by atoms with Crippen LogP contribution in [0.3, 0.4) is 0 Å². The first-order valence-corrected chi connectivity index (χ1v) is 11.3. The van der Waals surface area contributed by atoms with E-state index in [0.29, 0.717) is 17.1 Å². The van der Waals surface area contributed by atoms with E-state index in [4.69, 9.17) is 0 Å². The third-order valence-electron chi connectivity index (χ3n) is 6.14. The molecule has 0 spiro atoms. The van der Waals surface area contributed by atoms with Gasteiger partial charge in [-0.3, -0.25) is 9.59 Å². The van der Waals surface area contributed by atoms with Crippen LogP contribution in [-0.4, -0.2) is 28.8 Å². The van der Waals surface area contributed by atoms with Crippen LogP contribution in [0.2, 0.25) is 0 Å². The van der Waals surface area contributed by atoms with Crippen molar-refractivity contribution in [2.45, 2.75) is 40.2 Å². The second-order valence-corrected chi connectivity index (χ2v) is 9.51. The molecule has 0 bridgehead atoms. The van der Waals surface area contributed by atoms with Crippen molar-refractivity contribution in [2.75, 3.05) is 18.0 Å². The van der Waals surface area contributed by atoms with E-state index in [2.05, 4.69) is 24.3 Å². The molecular formula is C26H28F2N4O2. The first-order valence-electron chi connectivity index (χ1n) is 11.3. The number of piperidine rings is 1. The molecule has 2 aromatic carbocycles. The van der Waals surface area contributed by atoms with E-state index in [1.165, 1.54) is 22.9 Å². The van der Waals surface area contributed by atoms with E-state index in [0.717, 1.165) is 25.9 Å². The Balaban J connectivity index is 1.53. The van der Waals surface area contributed by atoms with E-state index in [-0.39, 0.29) is 16.7 Å². The summed E-state index contributed by atoms with van der Waals surface area (Å²) in [7, 11) is 0. The Kier molecular flexibility index (Phi) is 6.50. The molecule has 3 aromatic rings. The van der Waals surface area contributed by atoms with Crippen molar-refractivity contribution in [3.63, 3.8) is 0 Å². The van der Waals surface area contributed by atoms with Crippen LogP contribution in [-0.2, 0) is 6.54 Å². The van der Waals surface area contributed by atoms with Gasteiger partial charge in [0, 0.05) is 42.6 Å². The smallest absolute Gasteiger partial charge is 0.276 e. The van der Waals surface area contributed by atoms with Gasteiger partial charge < -0.3 is 10.2 Å². The Morgan fingerprint density at radius 1 is 1.09 bits per heavy atom. The van der Waals surface area contributed by atoms with Gasteiger partial charge in [0.05, 0.1) is 5.69 Å². The molecule has 6 nitrogen and oxygen atoms in total. The fourth-order valence-electron chi connectivity index (χ4n) is 4.37. The molecule has 0 aliphatic carbocycles. The fraction of sp³-hybridized carbons (Fsp3) is 0.346. The largest absolute Gasteiger partial charge is 0.371 e. The highest BCUT2D eigenvalue weighted by molar-refractivity contribution is 5.92. The average Bonchev–Trinajstić information content (AvgIpc) is 2.78. The third-order valence-corrected chi connectivity index (χ3v) is 6.14. The van der Waals surface area contributed by atoms with E-state index in [1.807, 2.05) is 23.1 Å². The van der Waals surface area contributed by atoms with E-state index in [9.17, 15) is 18.4 Å². The van der Waals surface area contributed by atoms with Crippen molar-refractivity contribution in [1.29, 1.82) is 0 Å². The van der Waals surface area contributed by atoms with E-state index >= 15 is 0 Å². The number of hydrogen-bond acceptors (Lipinski definition) is 4. The molecule has 0 radical (unpaired) electrons. The number of hydrogen-bond donors (Lipinski definition) is 1. The summed E-state index contributed by atoms with van der Waals surface area (Å²) in [6, 6.07) is 13.0. The lowest BCUT2D eigenvalue weighted by atomic mass is 9.84. The predicted molar refractivity (Wildman–Crippen MR) is 127 cm³/mol. The van der Waals surface area contributed by atoms with Crippen molar-refractivity contribution < 1.29 is 13.6 Å². The summed E-state index contributed by atoms with van der Waals surface area (Å²) in [6.07, 6.45) is 2.02. The normalized spacial score (nSPS) is 15.3. The molecule has 1 aliphatic rings. The predicted octanol–water partition coefficient (Wildman–Crippen LogP) is 4.38. The average molecular weight is 467 g/mol. The number of nitrogens with one attached hydrogen (secondary N) is 1. The number of carbonyl (C=O) groups is 1. The number of anilines is 1. The zero-order valence-electron chi connectivity index (χ0n) is 19.6. The molecule has 1 aromatic heterocycles. The number of halogens is 2. The summed E-state index contributed by atoms with van der Waals surface area (Å²) in [5.74, 6) is -2.27. The number of rotatable bonds is 5. The van der Waals surface area contributed by atoms with Crippen molar-refractivity contribution in [1.82, 2.24) is 15.1 Å². The van der Waals surface area contributed by atoms with Crippen LogP contribution in [0.1, 0.15) is 48.4 Å². The maximum absolute atomic E-state index is 14.8. The minimum Gasteiger partial charge on any atom is -0.371 e. The molecule has 0 unspecified atom stereocenters. The fourth-order valence-corrected chi connectivity index (χ4v) is 4.37. The molecule has 0 saturated carbocycles. The monoisotopic (exact) mass is 466 g/mol. The molecule has 1 amide bonds. The molecular weight excluding hydrogens is 438 g/mol. The van der Waals surface area contributed by atoms with Gasteiger partial charge in [-0.25, -0.2) is 13.5 Å². The first-order chi connectivity index (χ1) is 16.1. The van der Waals surface area contributed by atoms with Crippen LogP contribution < -0.4 is 15.6 Å². The number of benzene rings is 2. The summed E-state index contributed by atoms with van der Waals surface area (Å²) in [5.41, 5.74) is 0.635. The topological polar surface area (TPSA) is 67.2 Å². The number of aryl methyl sites for hydroxylation is 1. The van der Waals surface area contributed by atoms with E-state index < -0.39 is 29.5 Å². The van der Waals surface area contributed by atoms with Crippen molar-refractivity contribution in [3.05, 3.63) is 87.3 Å². The lowest BCUT2D eigenvalue weighted by molar-refractivity contribution is 0.0942. The minimum atomic E-state index is -0.796. The highest BCUT2D eigenvalue weighted by Gasteiger charge is 2.27. The summed E-state index contributed by atoms with van der Waals surface area (Å²) in [4.78, 5) is 27.1. The van der Waals surface area contributed by atoms with Gasteiger partial charge in [-0.05, 0) is 49.4 Å². The minimum absolute atomic E-state index is 0.0749. The SMILES string of the molecule is Cc1cc(=O)c(C(=O)NCc2c(F)cc(N3CCCC(C)(C)C3)cc2F)nn1-c1ccccc1. The van der Waals surface area contributed by atoms with Gasteiger partial charge in [0.25, 0.3) is 5.91 Å². The second kappa shape index (κ2) is 9.37. The van der Waals surface area contributed by atoms with Gasteiger partial charge in [-0.15, -0.1) is 0 Å². The van der Waals surface area contributed by atoms with Crippen LogP contribution in [0.5, 0.6) is 0 Å². The van der Waals surface area contributed by atoms with Crippen molar-refractivity contribution in [3.8, 4) is 5.69 Å². The number of amides is 1. The Bertz CT molecular complexity index is 1250. The van der Waals surface area contributed by atoms with Gasteiger partial charge >= 0.3 is 0 Å². The summed E-state index contributed by atoms with van der Waals surface area (Å²) in [5, 5.41) is 6.63. The molecule has 1 N–H and O–H groups in total. The Morgan fingerprint density at radius 3 is 2.41 bits per heavy atom. The van der Waals surface area contributed by atoms with Crippen LogP contribution in [0.25, 0.3) is 5.69 Å². The van der Waals surface area contributed by atoms with E-state index in [1.54, 1.807) is 19.1 Å². The Hall–Kier alpha value is -3.55. The summed E-state index contributed by atoms with van der Waals surface area (Å²) < 4.78 is 31.1. The van der Waals surface area contributed by atoms with Gasteiger partial charge in [-0.1, -0.05) is 32.0 Å². The van der Waals surface area contributed by atoms with Gasteiger partial charge in [0.1, 0.15) is 11.6 Å². The Labute approximate surface area is 197 Å².